The maximum Gasteiger partial charge on any atom is 0.472 e. The van der Waals surface area contributed by atoms with Gasteiger partial charge in [-0.3, -0.25) is 9.05 Å². The monoisotopic (exact) mass is 259 g/mol. The van der Waals surface area contributed by atoms with Crippen LogP contribution < -0.4 is 5.73 Å². The van der Waals surface area contributed by atoms with Crippen LogP contribution in [0.5, 0.6) is 0 Å². The summed E-state index contributed by atoms with van der Waals surface area (Å²) >= 11 is 0. The first-order valence-electron chi connectivity index (χ1n) is 5.14. The summed E-state index contributed by atoms with van der Waals surface area (Å²) < 4.78 is 21.0. The molecule has 4 atom stereocenters. The number of rotatable bonds is 1. The van der Waals surface area contributed by atoms with Gasteiger partial charge >= 0.3 is 7.82 Å². The lowest BCUT2D eigenvalue weighted by Crippen LogP contribution is -2.41. The van der Waals surface area contributed by atoms with Crippen LogP contribution >= 0.6 is 7.82 Å². The molecule has 0 saturated carbocycles. The van der Waals surface area contributed by atoms with Gasteiger partial charge in [-0.2, -0.15) is 0 Å². The Morgan fingerprint density at radius 3 is 2.65 bits per heavy atom. The zero-order chi connectivity index (χ0) is 12.5. The molecule has 4 N–H and O–H groups in total. The molecule has 1 aromatic rings. The van der Waals surface area contributed by atoms with Gasteiger partial charge in [0.15, 0.2) is 0 Å². The molecule has 1 saturated heterocycles. The largest absolute Gasteiger partial charge is 0.472 e. The van der Waals surface area contributed by atoms with E-state index >= 15 is 0 Å². The molecule has 17 heavy (non-hydrogen) atoms. The van der Waals surface area contributed by atoms with Crippen LogP contribution in [0.4, 0.5) is 0 Å². The van der Waals surface area contributed by atoms with E-state index in [1.165, 1.54) is 0 Å². The lowest BCUT2D eigenvalue weighted by molar-refractivity contribution is 0.0736. The number of hydrogen-bond donors (Lipinski definition) is 3. The van der Waals surface area contributed by atoms with Gasteiger partial charge in [0.25, 0.3) is 0 Å². The summed E-state index contributed by atoms with van der Waals surface area (Å²) in [4.78, 5) is 9.37. The Kier molecular flexibility index (Phi) is 3.63. The summed E-state index contributed by atoms with van der Waals surface area (Å²) in [6.45, 7) is -0.321. The van der Waals surface area contributed by atoms with E-state index in [4.69, 9.17) is 10.3 Å². The normalized spacial score (nSPS) is 38.6. The molecule has 0 radical (unpaired) electrons. The highest BCUT2D eigenvalue weighted by Gasteiger charge is 2.39. The van der Waals surface area contributed by atoms with Crippen LogP contribution in [-0.2, 0) is 13.6 Å². The van der Waals surface area contributed by atoms with Gasteiger partial charge in [-0.25, -0.2) is 4.57 Å². The quantitative estimate of drug-likeness (QED) is 0.637. The van der Waals surface area contributed by atoms with Crippen LogP contribution in [0.2, 0.25) is 0 Å². The molecule has 7 heteroatoms. The molecule has 4 unspecified atom stereocenters. The fourth-order valence-corrected chi connectivity index (χ4v) is 2.60. The summed E-state index contributed by atoms with van der Waals surface area (Å²) in [5.41, 5.74) is 6.41. The molecule has 94 valence electrons. The number of nitrogens with two attached hydrogens (primary N) is 1. The smallest absolute Gasteiger partial charge is 0.389 e. The van der Waals surface area contributed by atoms with Crippen LogP contribution in [0.25, 0.3) is 0 Å². The zero-order valence-electron chi connectivity index (χ0n) is 8.97. The summed E-state index contributed by atoms with van der Waals surface area (Å²) in [6, 6.07) is 7.92. The predicted octanol–water partition coefficient (Wildman–Crippen LogP) is 0.563. The Labute approximate surface area is 98.6 Å². The molecular formula is C10H14NO5P. The Hall–Kier alpha value is -0.750. The molecule has 0 spiro atoms. The van der Waals surface area contributed by atoms with Gasteiger partial charge in [0.05, 0.1) is 18.8 Å². The third-order valence-electron chi connectivity index (χ3n) is 2.58. The van der Waals surface area contributed by atoms with E-state index in [0.29, 0.717) is 5.56 Å². The van der Waals surface area contributed by atoms with Gasteiger partial charge < -0.3 is 15.7 Å². The number of phosphoric acid groups is 1. The maximum absolute atomic E-state index is 11.5. The van der Waals surface area contributed by atoms with Crippen molar-refractivity contribution in [2.45, 2.75) is 18.2 Å². The van der Waals surface area contributed by atoms with Crippen LogP contribution in [0.15, 0.2) is 30.3 Å². The molecule has 1 aliphatic heterocycles. The molecule has 1 heterocycles. The Bertz CT molecular complexity index is 426. The Morgan fingerprint density at radius 2 is 2.00 bits per heavy atom. The molecule has 1 fully saturated rings. The maximum atomic E-state index is 11.5. The third-order valence-corrected chi connectivity index (χ3v) is 3.55. The fourth-order valence-electron chi connectivity index (χ4n) is 1.65. The van der Waals surface area contributed by atoms with Crippen molar-refractivity contribution < 1.29 is 23.6 Å². The number of aliphatic hydroxyl groups is 1. The van der Waals surface area contributed by atoms with Gasteiger partial charge in [0.2, 0.25) is 0 Å². The highest BCUT2D eigenvalue weighted by atomic mass is 31.2. The van der Waals surface area contributed by atoms with E-state index < -0.39 is 26.1 Å². The number of phosphoric ester groups is 1. The summed E-state index contributed by atoms with van der Waals surface area (Å²) in [5, 5.41) is 9.66. The summed E-state index contributed by atoms with van der Waals surface area (Å²) in [5.74, 6) is 0. The minimum absolute atomic E-state index is 0.321. The first-order valence-corrected chi connectivity index (χ1v) is 6.63. The topological polar surface area (TPSA) is 102 Å². The summed E-state index contributed by atoms with van der Waals surface area (Å²) in [6.07, 6.45) is -1.92. The Balaban J connectivity index is 2.32. The predicted molar refractivity (Wildman–Crippen MR) is 60.0 cm³/mol. The van der Waals surface area contributed by atoms with E-state index in [2.05, 4.69) is 4.52 Å². The third kappa shape index (κ3) is 2.93. The minimum Gasteiger partial charge on any atom is -0.389 e. The molecule has 2 rings (SSSR count). The average molecular weight is 259 g/mol. The molecule has 1 aliphatic rings. The van der Waals surface area contributed by atoms with Crippen molar-refractivity contribution in [3.05, 3.63) is 35.9 Å². The highest BCUT2D eigenvalue weighted by molar-refractivity contribution is 7.47. The van der Waals surface area contributed by atoms with Crippen molar-refractivity contribution in [2.75, 3.05) is 6.61 Å². The standard InChI is InChI=1S/C10H14NO5P/c11-9-8(12)6-15-17(13,14)16-10(9)7-4-2-1-3-5-7/h1-5,8-10,12H,6,11H2,(H,13,14). The second kappa shape index (κ2) is 4.86. The Morgan fingerprint density at radius 1 is 1.35 bits per heavy atom. The second-order valence-corrected chi connectivity index (χ2v) is 5.25. The molecule has 6 nitrogen and oxygen atoms in total. The molecular weight excluding hydrogens is 245 g/mol. The zero-order valence-corrected chi connectivity index (χ0v) is 9.86. The highest BCUT2D eigenvalue weighted by Crippen LogP contribution is 2.50. The molecule has 0 aliphatic carbocycles. The average Bonchev–Trinajstić information content (AvgIpc) is 2.42. The van der Waals surface area contributed by atoms with Crippen LogP contribution in [0.1, 0.15) is 11.7 Å². The first-order chi connectivity index (χ1) is 7.99. The van der Waals surface area contributed by atoms with Crippen molar-refractivity contribution >= 4 is 7.82 Å². The van der Waals surface area contributed by atoms with Gasteiger partial charge in [-0.05, 0) is 5.56 Å². The van der Waals surface area contributed by atoms with Crippen molar-refractivity contribution in [3.63, 3.8) is 0 Å². The lowest BCUT2D eigenvalue weighted by atomic mass is 9.99. The number of aliphatic hydroxyl groups excluding tert-OH is 1. The van der Waals surface area contributed by atoms with Gasteiger partial charge in [-0.15, -0.1) is 0 Å². The van der Waals surface area contributed by atoms with E-state index in [1.54, 1.807) is 30.3 Å². The van der Waals surface area contributed by atoms with E-state index in [9.17, 15) is 14.6 Å². The lowest BCUT2D eigenvalue weighted by Gasteiger charge is -2.23. The van der Waals surface area contributed by atoms with Crippen molar-refractivity contribution in [1.29, 1.82) is 0 Å². The number of hydrogen-bond acceptors (Lipinski definition) is 5. The molecule has 0 bridgehead atoms. The van der Waals surface area contributed by atoms with Gasteiger partial charge in [-0.1, -0.05) is 30.3 Å². The molecule has 0 amide bonds. The van der Waals surface area contributed by atoms with Crippen LogP contribution in [0.3, 0.4) is 0 Å². The van der Waals surface area contributed by atoms with Gasteiger partial charge in [0.1, 0.15) is 6.10 Å². The fraction of sp³-hybridized carbons (Fsp3) is 0.400. The van der Waals surface area contributed by atoms with Crippen LogP contribution in [0, 0.1) is 0 Å². The minimum atomic E-state index is -4.17. The SMILES string of the molecule is NC1C(O)COP(=O)(O)OC1c1ccccc1. The number of benzene rings is 1. The summed E-state index contributed by atoms with van der Waals surface area (Å²) in [7, 11) is -4.17. The van der Waals surface area contributed by atoms with E-state index in [1.807, 2.05) is 0 Å². The van der Waals surface area contributed by atoms with Crippen molar-refractivity contribution in [1.82, 2.24) is 0 Å². The van der Waals surface area contributed by atoms with E-state index in [-0.39, 0.29) is 6.61 Å². The molecule has 1 aromatic carbocycles. The second-order valence-electron chi connectivity index (χ2n) is 3.85. The van der Waals surface area contributed by atoms with Crippen molar-refractivity contribution in [3.8, 4) is 0 Å². The van der Waals surface area contributed by atoms with E-state index in [0.717, 1.165) is 0 Å². The first kappa shape index (κ1) is 12.7. The van der Waals surface area contributed by atoms with Crippen molar-refractivity contribution in [2.24, 2.45) is 5.73 Å². The van der Waals surface area contributed by atoms with Crippen LogP contribution in [-0.4, -0.2) is 28.8 Å². The molecule has 0 aromatic heterocycles. The van der Waals surface area contributed by atoms with Gasteiger partial charge in [0, 0.05) is 0 Å².